The van der Waals surface area contributed by atoms with E-state index in [1.165, 1.54) is 13.8 Å². The van der Waals surface area contributed by atoms with E-state index in [9.17, 15) is 32.7 Å². The molecule has 32 heavy (non-hydrogen) atoms. The smallest absolute Gasteiger partial charge is 0.305 e. The third-order valence-electron chi connectivity index (χ3n) is 5.16. The number of aromatic hydroxyl groups is 1. The van der Waals surface area contributed by atoms with Crippen LogP contribution < -0.4 is 5.32 Å². The van der Waals surface area contributed by atoms with Gasteiger partial charge in [0.15, 0.2) is 23.2 Å². The van der Waals surface area contributed by atoms with E-state index in [1.54, 1.807) is 0 Å². The van der Waals surface area contributed by atoms with Gasteiger partial charge in [-0.25, -0.2) is 13.2 Å². The average molecular weight is 448 g/mol. The van der Waals surface area contributed by atoms with Gasteiger partial charge in [0.25, 0.3) is 5.91 Å². The van der Waals surface area contributed by atoms with Crippen molar-refractivity contribution in [2.75, 3.05) is 6.54 Å². The van der Waals surface area contributed by atoms with Crippen molar-refractivity contribution < 1.29 is 37.8 Å². The van der Waals surface area contributed by atoms with Crippen LogP contribution >= 0.6 is 0 Å². The SMILES string of the molecule is Cc1c([C@H](C)C(=O)NCCC(=O)O)c2cc(O)c(F)cc2n1C(=O)c1ccc(F)c(F)c1. The number of carboxylic acid groups (broad SMARTS) is 1. The van der Waals surface area contributed by atoms with Gasteiger partial charge in [-0.15, -0.1) is 0 Å². The molecule has 3 N–H and O–H groups in total. The standard InChI is InChI=1S/C22H19F3N2O5/c1-10(21(31)26-6-5-19(29)30)20-11(2)27(17-9-16(25)18(28)8-13(17)20)22(32)12-3-4-14(23)15(24)7-12/h3-4,7-10,28H,5-6H2,1-2H3,(H,26,31)(H,29,30)/t10-/m0/s1. The number of aliphatic carboxylic acids is 1. The summed E-state index contributed by atoms with van der Waals surface area (Å²) < 4.78 is 42.2. The number of fused-ring (bicyclic) bond motifs is 1. The number of hydrogen-bond acceptors (Lipinski definition) is 4. The van der Waals surface area contributed by atoms with Crippen LogP contribution in [0.1, 0.15) is 40.9 Å². The minimum atomic E-state index is -1.24. The highest BCUT2D eigenvalue weighted by Crippen LogP contribution is 2.36. The second-order valence-electron chi connectivity index (χ2n) is 7.25. The van der Waals surface area contributed by atoms with Crippen molar-refractivity contribution in [1.82, 2.24) is 9.88 Å². The van der Waals surface area contributed by atoms with E-state index in [0.717, 1.165) is 28.8 Å². The number of rotatable bonds is 6. The molecule has 0 aliphatic heterocycles. The second kappa shape index (κ2) is 8.74. The number of nitrogens with zero attached hydrogens (tertiary/aromatic N) is 1. The number of carboxylic acids is 1. The molecule has 1 atom stereocenters. The van der Waals surface area contributed by atoms with Gasteiger partial charge in [-0.05, 0) is 43.7 Å². The van der Waals surface area contributed by atoms with E-state index in [4.69, 9.17) is 5.11 Å². The number of carbonyl (C=O) groups excluding carboxylic acids is 2. The Labute approximate surface area is 180 Å². The van der Waals surface area contributed by atoms with Crippen LogP contribution in [-0.4, -0.2) is 39.1 Å². The maximum absolute atomic E-state index is 14.1. The maximum atomic E-state index is 14.1. The number of phenolic OH excluding ortho intramolecular Hbond substituents is 1. The van der Waals surface area contributed by atoms with Crippen LogP contribution in [-0.2, 0) is 9.59 Å². The van der Waals surface area contributed by atoms with Crippen molar-refractivity contribution in [3.63, 3.8) is 0 Å². The zero-order valence-electron chi connectivity index (χ0n) is 17.1. The fourth-order valence-electron chi connectivity index (χ4n) is 3.59. The van der Waals surface area contributed by atoms with Gasteiger partial charge >= 0.3 is 5.97 Å². The quantitative estimate of drug-likeness (QED) is 0.535. The molecule has 0 aliphatic carbocycles. The minimum Gasteiger partial charge on any atom is -0.505 e. The summed E-state index contributed by atoms with van der Waals surface area (Å²) in [7, 11) is 0. The third kappa shape index (κ3) is 4.16. The van der Waals surface area contributed by atoms with Crippen LogP contribution in [0, 0.1) is 24.4 Å². The molecular weight excluding hydrogens is 429 g/mol. The molecule has 0 bridgehead atoms. The van der Waals surface area contributed by atoms with Crippen molar-refractivity contribution in [3.05, 3.63) is 64.6 Å². The van der Waals surface area contributed by atoms with Gasteiger partial charge in [0.1, 0.15) is 0 Å². The third-order valence-corrected chi connectivity index (χ3v) is 5.16. The summed E-state index contributed by atoms with van der Waals surface area (Å²) in [6.45, 7) is 2.87. The lowest BCUT2D eigenvalue weighted by Gasteiger charge is -2.13. The topological polar surface area (TPSA) is 109 Å². The number of amides is 1. The van der Waals surface area contributed by atoms with Gasteiger partial charge in [-0.2, -0.15) is 0 Å². The highest BCUT2D eigenvalue weighted by atomic mass is 19.2. The van der Waals surface area contributed by atoms with Crippen molar-refractivity contribution >= 4 is 28.7 Å². The van der Waals surface area contributed by atoms with Gasteiger partial charge < -0.3 is 15.5 Å². The molecule has 7 nitrogen and oxygen atoms in total. The van der Waals surface area contributed by atoms with Crippen LogP contribution in [0.4, 0.5) is 13.2 Å². The number of hydrogen-bond donors (Lipinski definition) is 3. The van der Waals surface area contributed by atoms with Gasteiger partial charge in [0.05, 0.1) is 17.9 Å². The molecule has 3 aromatic rings. The molecule has 0 radical (unpaired) electrons. The Morgan fingerprint density at radius 2 is 1.75 bits per heavy atom. The minimum absolute atomic E-state index is 0.0210. The predicted octanol–water partition coefficient (Wildman–Crippen LogP) is 3.46. The fraction of sp³-hybridized carbons (Fsp3) is 0.227. The summed E-state index contributed by atoms with van der Waals surface area (Å²) in [5.74, 6) is -7.43. The van der Waals surface area contributed by atoms with E-state index < -0.39 is 46.9 Å². The van der Waals surface area contributed by atoms with Gasteiger partial charge in [0, 0.05) is 29.3 Å². The molecule has 168 valence electrons. The molecule has 1 amide bonds. The first kappa shape index (κ1) is 22.9. The second-order valence-corrected chi connectivity index (χ2v) is 7.25. The Bertz CT molecular complexity index is 1250. The largest absolute Gasteiger partial charge is 0.505 e. The van der Waals surface area contributed by atoms with Gasteiger partial charge in [0.2, 0.25) is 5.91 Å². The zero-order valence-corrected chi connectivity index (χ0v) is 17.1. The monoisotopic (exact) mass is 448 g/mol. The van der Waals surface area contributed by atoms with Crippen LogP contribution in [0.25, 0.3) is 10.9 Å². The highest BCUT2D eigenvalue weighted by Gasteiger charge is 2.28. The van der Waals surface area contributed by atoms with E-state index in [2.05, 4.69) is 5.32 Å². The molecule has 3 rings (SSSR count). The highest BCUT2D eigenvalue weighted by molar-refractivity contribution is 6.05. The molecule has 2 aromatic carbocycles. The number of benzene rings is 2. The Balaban J connectivity index is 2.14. The molecule has 0 aliphatic rings. The van der Waals surface area contributed by atoms with Crippen molar-refractivity contribution in [1.29, 1.82) is 0 Å². The van der Waals surface area contributed by atoms with E-state index in [1.807, 2.05) is 0 Å². The molecule has 0 saturated carbocycles. The lowest BCUT2D eigenvalue weighted by Crippen LogP contribution is -2.30. The number of carbonyl (C=O) groups is 3. The van der Waals surface area contributed by atoms with Crippen molar-refractivity contribution in [2.24, 2.45) is 0 Å². The normalized spacial score (nSPS) is 12.0. The van der Waals surface area contributed by atoms with Crippen LogP contribution in [0.15, 0.2) is 30.3 Å². The molecule has 0 fully saturated rings. The van der Waals surface area contributed by atoms with Crippen LogP contribution in [0.3, 0.4) is 0 Å². The summed E-state index contributed by atoms with van der Waals surface area (Å²) >= 11 is 0. The molecule has 0 spiro atoms. The number of phenols is 1. The number of aromatic nitrogens is 1. The Morgan fingerprint density at radius 3 is 2.38 bits per heavy atom. The summed E-state index contributed by atoms with van der Waals surface area (Å²) in [6, 6.07) is 4.55. The first-order chi connectivity index (χ1) is 15.0. The molecule has 1 heterocycles. The Kier molecular flexibility index (Phi) is 6.24. The molecule has 1 aromatic heterocycles. The summed E-state index contributed by atoms with van der Waals surface area (Å²) in [4.78, 5) is 36.4. The fourth-order valence-corrected chi connectivity index (χ4v) is 3.59. The predicted molar refractivity (Wildman–Crippen MR) is 108 cm³/mol. The van der Waals surface area contributed by atoms with Gasteiger partial charge in [-0.1, -0.05) is 0 Å². The first-order valence-corrected chi connectivity index (χ1v) is 9.55. The van der Waals surface area contributed by atoms with E-state index >= 15 is 0 Å². The summed E-state index contributed by atoms with van der Waals surface area (Å²) in [5, 5.41) is 21.3. The van der Waals surface area contributed by atoms with Crippen molar-refractivity contribution in [3.8, 4) is 5.75 Å². The Morgan fingerprint density at radius 1 is 1.06 bits per heavy atom. The number of nitrogens with one attached hydrogen (secondary N) is 1. The maximum Gasteiger partial charge on any atom is 0.305 e. The first-order valence-electron chi connectivity index (χ1n) is 9.55. The lowest BCUT2D eigenvalue weighted by molar-refractivity contribution is -0.136. The number of halogens is 3. The van der Waals surface area contributed by atoms with E-state index in [-0.39, 0.29) is 35.1 Å². The molecular formula is C22H19F3N2O5. The van der Waals surface area contributed by atoms with Crippen LogP contribution in [0.5, 0.6) is 5.75 Å². The summed E-state index contributed by atoms with van der Waals surface area (Å²) in [5.41, 5.74) is 0.329. The molecule has 0 saturated heterocycles. The van der Waals surface area contributed by atoms with Gasteiger partial charge in [-0.3, -0.25) is 19.0 Å². The lowest BCUT2D eigenvalue weighted by atomic mass is 9.96. The van der Waals surface area contributed by atoms with Crippen LogP contribution in [0.2, 0.25) is 0 Å². The van der Waals surface area contributed by atoms with E-state index in [0.29, 0.717) is 11.6 Å². The summed E-state index contributed by atoms with van der Waals surface area (Å²) in [6.07, 6.45) is -0.292. The zero-order chi connectivity index (χ0) is 23.7. The molecule has 10 heteroatoms. The van der Waals surface area contributed by atoms with Crippen molar-refractivity contribution in [2.45, 2.75) is 26.2 Å². The average Bonchev–Trinajstić information content (AvgIpc) is 2.99. The Hall–Kier alpha value is -3.82. The molecule has 0 unspecified atom stereocenters.